The summed E-state index contributed by atoms with van der Waals surface area (Å²) in [5.74, 6) is 0. The van der Waals surface area contributed by atoms with Gasteiger partial charge in [0, 0.05) is 24.0 Å². The van der Waals surface area contributed by atoms with Crippen LogP contribution in [0.3, 0.4) is 0 Å². The zero-order valence-electron chi connectivity index (χ0n) is 7.81. The molecule has 1 heterocycles. The zero-order valence-corrected chi connectivity index (χ0v) is 8.63. The van der Waals surface area contributed by atoms with E-state index in [9.17, 15) is 0 Å². The van der Waals surface area contributed by atoms with Crippen LogP contribution in [0.4, 0.5) is 0 Å². The number of nitrogens with two attached hydrogens (primary N) is 1. The SMILES string of the molecule is NCc1cnc(Cc2ccccc2)s1. The minimum absolute atomic E-state index is 0.590. The van der Waals surface area contributed by atoms with E-state index in [-0.39, 0.29) is 0 Å². The van der Waals surface area contributed by atoms with Crippen molar-refractivity contribution in [3.05, 3.63) is 52.0 Å². The molecule has 1 aromatic carbocycles. The van der Waals surface area contributed by atoms with E-state index in [1.165, 1.54) is 5.56 Å². The molecule has 0 fully saturated rings. The highest BCUT2D eigenvalue weighted by atomic mass is 32.1. The van der Waals surface area contributed by atoms with Crippen LogP contribution in [0, 0.1) is 0 Å². The van der Waals surface area contributed by atoms with Gasteiger partial charge in [0.05, 0.1) is 5.01 Å². The van der Waals surface area contributed by atoms with Gasteiger partial charge in [0.2, 0.25) is 0 Å². The molecule has 0 saturated carbocycles. The Hall–Kier alpha value is -1.19. The Morgan fingerprint density at radius 1 is 1.21 bits per heavy atom. The summed E-state index contributed by atoms with van der Waals surface area (Å²) in [6, 6.07) is 10.4. The maximum Gasteiger partial charge on any atom is 0.0971 e. The van der Waals surface area contributed by atoms with Gasteiger partial charge in [0.1, 0.15) is 0 Å². The normalized spacial score (nSPS) is 10.4. The predicted molar refractivity (Wildman–Crippen MR) is 59.3 cm³/mol. The van der Waals surface area contributed by atoms with E-state index in [0.29, 0.717) is 6.54 Å². The Labute approximate surface area is 87.4 Å². The minimum atomic E-state index is 0.590. The molecule has 14 heavy (non-hydrogen) atoms. The molecular formula is C11H12N2S. The van der Waals surface area contributed by atoms with Crippen molar-refractivity contribution in [2.75, 3.05) is 0 Å². The maximum absolute atomic E-state index is 5.53. The van der Waals surface area contributed by atoms with Gasteiger partial charge in [-0.15, -0.1) is 11.3 Å². The summed E-state index contributed by atoms with van der Waals surface area (Å²) in [7, 11) is 0. The number of benzene rings is 1. The molecule has 2 nitrogen and oxygen atoms in total. The van der Waals surface area contributed by atoms with Gasteiger partial charge in [0.25, 0.3) is 0 Å². The smallest absolute Gasteiger partial charge is 0.0971 e. The molecule has 0 unspecified atom stereocenters. The number of rotatable bonds is 3. The van der Waals surface area contributed by atoms with E-state index in [1.54, 1.807) is 11.3 Å². The lowest BCUT2D eigenvalue weighted by Gasteiger charge is -1.95. The van der Waals surface area contributed by atoms with Crippen molar-refractivity contribution in [1.29, 1.82) is 0 Å². The van der Waals surface area contributed by atoms with E-state index in [4.69, 9.17) is 5.73 Å². The molecule has 2 N–H and O–H groups in total. The first-order valence-corrected chi connectivity index (χ1v) is 5.37. The molecule has 0 amide bonds. The molecule has 2 aromatic rings. The first-order chi connectivity index (χ1) is 6.88. The first kappa shape index (κ1) is 9.37. The number of hydrogen-bond acceptors (Lipinski definition) is 3. The zero-order chi connectivity index (χ0) is 9.80. The summed E-state index contributed by atoms with van der Waals surface area (Å²) in [4.78, 5) is 5.47. The van der Waals surface area contributed by atoms with Crippen molar-refractivity contribution in [2.24, 2.45) is 5.73 Å². The van der Waals surface area contributed by atoms with Crippen LogP contribution in [0.15, 0.2) is 36.5 Å². The lowest BCUT2D eigenvalue weighted by Crippen LogP contribution is -1.91. The molecule has 1 aromatic heterocycles. The van der Waals surface area contributed by atoms with E-state index in [1.807, 2.05) is 24.4 Å². The van der Waals surface area contributed by atoms with E-state index in [0.717, 1.165) is 16.3 Å². The quantitative estimate of drug-likeness (QED) is 0.832. The standard InChI is InChI=1S/C11H12N2S/c12-7-10-8-13-11(14-10)6-9-4-2-1-3-5-9/h1-5,8H,6-7,12H2. The summed E-state index contributed by atoms with van der Waals surface area (Å²) < 4.78 is 0. The Morgan fingerprint density at radius 3 is 2.64 bits per heavy atom. The second-order valence-electron chi connectivity index (χ2n) is 3.09. The summed E-state index contributed by atoms with van der Waals surface area (Å²) in [5, 5.41) is 1.14. The molecule has 72 valence electrons. The largest absolute Gasteiger partial charge is 0.326 e. The summed E-state index contributed by atoms with van der Waals surface area (Å²) in [6.45, 7) is 0.590. The lowest BCUT2D eigenvalue weighted by molar-refractivity contribution is 1.08. The Morgan fingerprint density at radius 2 is 2.00 bits per heavy atom. The number of nitrogens with zero attached hydrogens (tertiary/aromatic N) is 1. The van der Waals surface area contributed by atoms with Gasteiger partial charge in [-0.25, -0.2) is 4.98 Å². The average Bonchev–Trinajstić information content (AvgIpc) is 2.67. The van der Waals surface area contributed by atoms with Crippen molar-refractivity contribution < 1.29 is 0 Å². The second kappa shape index (κ2) is 4.35. The van der Waals surface area contributed by atoms with Gasteiger partial charge in [-0.3, -0.25) is 0 Å². The highest BCUT2D eigenvalue weighted by molar-refractivity contribution is 7.11. The Balaban J connectivity index is 2.11. The summed E-state index contributed by atoms with van der Waals surface area (Å²) >= 11 is 1.69. The highest BCUT2D eigenvalue weighted by Crippen LogP contribution is 2.15. The maximum atomic E-state index is 5.53. The van der Waals surface area contributed by atoms with E-state index >= 15 is 0 Å². The first-order valence-electron chi connectivity index (χ1n) is 4.56. The fourth-order valence-corrected chi connectivity index (χ4v) is 2.13. The molecule has 3 heteroatoms. The third kappa shape index (κ3) is 2.19. The molecule has 2 rings (SSSR count). The molecule has 0 spiro atoms. The highest BCUT2D eigenvalue weighted by Gasteiger charge is 2.01. The number of thiazole rings is 1. The summed E-state index contributed by atoms with van der Waals surface area (Å²) in [6.07, 6.45) is 2.77. The van der Waals surface area contributed by atoms with Crippen LogP contribution < -0.4 is 5.73 Å². The van der Waals surface area contributed by atoms with Crippen LogP contribution in [0.2, 0.25) is 0 Å². The van der Waals surface area contributed by atoms with Crippen LogP contribution in [0.5, 0.6) is 0 Å². The van der Waals surface area contributed by atoms with Crippen LogP contribution in [0.25, 0.3) is 0 Å². The molecular weight excluding hydrogens is 192 g/mol. The molecule has 0 aliphatic rings. The third-order valence-electron chi connectivity index (χ3n) is 2.00. The third-order valence-corrected chi connectivity index (χ3v) is 3.02. The lowest BCUT2D eigenvalue weighted by atomic mass is 10.2. The average molecular weight is 204 g/mol. The minimum Gasteiger partial charge on any atom is -0.326 e. The topological polar surface area (TPSA) is 38.9 Å². The van der Waals surface area contributed by atoms with Crippen molar-refractivity contribution >= 4 is 11.3 Å². The van der Waals surface area contributed by atoms with E-state index < -0.39 is 0 Å². The van der Waals surface area contributed by atoms with Crippen LogP contribution in [-0.4, -0.2) is 4.98 Å². The van der Waals surface area contributed by atoms with Gasteiger partial charge in [-0.2, -0.15) is 0 Å². The van der Waals surface area contributed by atoms with Crippen molar-refractivity contribution in [3.63, 3.8) is 0 Å². The number of hydrogen-bond donors (Lipinski definition) is 1. The Kier molecular flexibility index (Phi) is 2.91. The molecule has 0 radical (unpaired) electrons. The van der Waals surface area contributed by atoms with Gasteiger partial charge < -0.3 is 5.73 Å². The number of aromatic nitrogens is 1. The van der Waals surface area contributed by atoms with Gasteiger partial charge in [-0.05, 0) is 5.56 Å². The van der Waals surface area contributed by atoms with Gasteiger partial charge >= 0.3 is 0 Å². The van der Waals surface area contributed by atoms with Crippen LogP contribution in [0.1, 0.15) is 15.4 Å². The molecule has 0 saturated heterocycles. The van der Waals surface area contributed by atoms with Gasteiger partial charge in [0.15, 0.2) is 0 Å². The van der Waals surface area contributed by atoms with Crippen molar-refractivity contribution in [1.82, 2.24) is 4.98 Å². The monoisotopic (exact) mass is 204 g/mol. The van der Waals surface area contributed by atoms with Gasteiger partial charge in [-0.1, -0.05) is 30.3 Å². The van der Waals surface area contributed by atoms with E-state index in [2.05, 4.69) is 17.1 Å². The molecule has 0 aliphatic carbocycles. The molecule has 0 atom stereocenters. The fraction of sp³-hybridized carbons (Fsp3) is 0.182. The molecule has 0 aliphatic heterocycles. The Bertz CT molecular complexity index is 395. The van der Waals surface area contributed by atoms with Crippen molar-refractivity contribution in [3.8, 4) is 0 Å². The second-order valence-corrected chi connectivity index (χ2v) is 4.29. The van der Waals surface area contributed by atoms with Crippen LogP contribution >= 0.6 is 11.3 Å². The fourth-order valence-electron chi connectivity index (χ4n) is 1.29. The van der Waals surface area contributed by atoms with Crippen molar-refractivity contribution in [2.45, 2.75) is 13.0 Å². The predicted octanol–water partition coefficient (Wildman–Crippen LogP) is 2.19. The van der Waals surface area contributed by atoms with Crippen LogP contribution in [-0.2, 0) is 13.0 Å². The summed E-state index contributed by atoms with van der Waals surface area (Å²) in [5.41, 5.74) is 6.82. The molecule has 0 bridgehead atoms.